The molecule has 0 aliphatic carbocycles. The Kier molecular flexibility index (Phi) is 2.76. The fourth-order valence-electron chi connectivity index (χ4n) is 0.626. The second kappa shape index (κ2) is 3.43. The van der Waals surface area contributed by atoms with Crippen LogP contribution in [0.4, 0.5) is 0 Å². The van der Waals surface area contributed by atoms with Crippen LogP contribution in [0, 0.1) is 0 Å². The lowest BCUT2D eigenvalue weighted by Gasteiger charge is -1.94. The Labute approximate surface area is 75.7 Å². The van der Waals surface area contributed by atoms with E-state index in [1.165, 1.54) is 18.2 Å². The molecule has 1 rings (SSSR count). The summed E-state index contributed by atoms with van der Waals surface area (Å²) < 4.78 is 20.9. The first-order valence-electron chi connectivity index (χ1n) is 2.70. The number of thiol groups is 1. The number of rotatable bonds is 1. The molecule has 0 atom stereocenters. The molecule has 0 spiro atoms. The lowest BCUT2D eigenvalue weighted by atomic mass is 10.4. The van der Waals surface area contributed by atoms with Gasteiger partial charge in [-0.2, -0.15) is 0 Å². The van der Waals surface area contributed by atoms with Crippen LogP contribution in [0.15, 0.2) is 23.1 Å². The van der Waals surface area contributed by atoms with E-state index in [4.69, 9.17) is 23.2 Å². The summed E-state index contributed by atoms with van der Waals surface area (Å²) in [6.07, 6.45) is 0. The lowest BCUT2D eigenvalue weighted by Crippen LogP contribution is -1.81. The number of benzene rings is 1. The van der Waals surface area contributed by atoms with Crippen molar-refractivity contribution in [3.63, 3.8) is 0 Å². The molecular weight excluding hydrogens is 207 g/mol. The monoisotopic (exact) mass is 210 g/mol. The fourth-order valence-corrected chi connectivity index (χ4v) is 1.69. The Balaban J connectivity index is 3.35. The van der Waals surface area contributed by atoms with E-state index in [-0.39, 0.29) is 9.92 Å². The quantitative estimate of drug-likeness (QED) is 0.720. The van der Waals surface area contributed by atoms with Gasteiger partial charge in [0.05, 0.1) is 9.92 Å². The van der Waals surface area contributed by atoms with E-state index in [1.807, 2.05) is 0 Å². The zero-order valence-electron chi connectivity index (χ0n) is 5.25. The minimum Gasteiger partial charge on any atom is -0.227 e. The summed E-state index contributed by atoms with van der Waals surface area (Å²) in [4.78, 5) is 0.0640. The predicted octanol–water partition coefficient (Wildman–Crippen LogP) is 1.96. The number of halogens is 2. The van der Waals surface area contributed by atoms with Gasteiger partial charge in [-0.15, -0.1) is 0 Å². The van der Waals surface area contributed by atoms with Crippen LogP contribution in [-0.2, 0) is 10.7 Å². The van der Waals surface area contributed by atoms with Gasteiger partial charge in [0.2, 0.25) is 0 Å². The van der Waals surface area contributed by atoms with Crippen LogP contribution in [0.25, 0.3) is 0 Å². The third-order valence-corrected chi connectivity index (χ3v) is 2.56. The van der Waals surface area contributed by atoms with Gasteiger partial charge >= 0.3 is 0 Å². The molecule has 2 nitrogen and oxygen atoms in total. The molecule has 0 bridgehead atoms. The molecule has 0 saturated heterocycles. The van der Waals surface area contributed by atoms with E-state index in [1.54, 1.807) is 0 Å². The summed E-state index contributed by atoms with van der Waals surface area (Å²) >= 11 is 11.1. The van der Waals surface area contributed by atoms with Crippen LogP contribution < -0.4 is 0 Å². The third kappa shape index (κ3) is 2.09. The number of hydrogen-bond acceptors (Lipinski definition) is 2. The normalized spacial score (nSPS) is 10.5. The van der Waals surface area contributed by atoms with Crippen molar-refractivity contribution in [2.45, 2.75) is 4.90 Å². The van der Waals surface area contributed by atoms with E-state index in [0.717, 1.165) is 0 Å². The maximum atomic E-state index is 10.5. The summed E-state index contributed by atoms with van der Waals surface area (Å²) in [5.41, 5.74) is 0. The molecule has 0 N–H and O–H groups in total. The van der Waals surface area contributed by atoms with Gasteiger partial charge in [-0.25, -0.2) is 8.42 Å². The van der Waals surface area contributed by atoms with E-state index in [2.05, 4.69) is 0 Å². The molecule has 0 aliphatic heterocycles. The lowest BCUT2D eigenvalue weighted by molar-refractivity contribution is 0.614. The first-order chi connectivity index (χ1) is 5.11. The SMILES string of the molecule is O=[SH](=O)c1cc(Cl)ccc1Cl. The van der Waals surface area contributed by atoms with Crippen LogP contribution in [0.2, 0.25) is 10.0 Å². The molecule has 0 saturated carbocycles. The van der Waals surface area contributed by atoms with Gasteiger partial charge in [0, 0.05) is 5.02 Å². The highest BCUT2D eigenvalue weighted by Crippen LogP contribution is 2.21. The van der Waals surface area contributed by atoms with E-state index < -0.39 is 10.7 Å². The Hall–Kier alpha value is -0.250. The van der Waals surface area contributed by atoms with Gasteiger partial charge in [-0.3, -0.25) is 0 Å². The molecule has 0 heterocycles. The predicted molar refractivity (Wildman–Crippen MR) is 45.0 cm³/mol. The van der Waals surface area contributed by atoms with Crippen LogP contribution in [0.5, 0.6) is 0 Å². The molecule has 0 aromatic heterocycles. The van der Waals surface area contributed by atoms with E-state index in [9.17, 15) is 8.42 Å². The average molecular weight is 211 g/mol. The van der Waals surface area contributed by atoms with Crippen molar-refractivity contribution in [2.24, 2.45) is 0 Å². The van der Waals surface area contributed by atoms with Crippen molar-refractivity contribution in [1.82, 2.24) is 0 Å². The highest BCUT2D eigenvalue weighted by molar-refractivity contribution is 7.72. The topological polar surface area (TPSA) is 34.1 Å². The van der Waals surface area contributed by atoms with E-state index in [0.29, 0.717) is 5.02 Å². The van der Waals surface area contributed by atoms with Gasteiger partial charge in [-0.1, -0.05) is 23.2 Å². The first-order valence-corrected chi connectivity index (χ1v) is 4.64. The fraction of sp³-hybridized carbons (Fsp3) is 0. The molecule has 11 heavy (non-hydrogen) atoms. The summed E-state index contributed by atoms with van der Waals surface area (Å²) in [5.74, 6) is 0. The maximum Gasteiger partial charge on any atom is 0.169 e. The summed E-state index contributed by atoms with van der Waals surface area (Å²) in [6, 6.07) is 4.30. The molecule has 0 fully saturated rings. The standard InChI is InChI=1S/C6H4Cl2O2S/c7-4-1-2-5(8)6(3-4)11(9)10/h1-3,11H. The molecule has 0 radical (unpaired) electrons. The van der Waals surface area contributed by atoms with Crippen LogP contribution in [-0.4, -0.2) is 8.42 Å². The Morgan fingerprint density at radius 2 is 1.82 bits per heavy atom. The summed E-state index contributed by atoms with van der Waals surface area (Å²) in [6.45, 7) is 0. The van der Waals surface area contributed by atoms with Gasteiger partial charge in [0.25, 0.3) is 0 Å². The van der Waals surface area contributed by atoms with Crippen LogP contribution in [0.3, 0.4) is 0 Å². The first kappa shape index (κ1) is 8.84. The molecule has 0 unspecified atom stereocenters. The van der Waals surface area contributed by atoms with Gasteiger partial charge in [-0.05, 0) is 18.2 Å². The second-order valence-electron chi connectivity index (χ2n) is 1.85. The second-order valence-corrected chi connectivity index (χ2v) is 3.69. The zero-order chi connectivity index (χ0) is 8.43. The Bertz CT molecular complexity index is 338. The molecule has 1 aromatic rings. The smallest absolute Gasteiger partial charge is 0.169 e. The van der Waals surface area contributed by atoms with E-state index >= 15 is 0 Å². The highest BCUT2D eigenvalue weighted by atomic mass is 35.5. The Morgan fingerprint density at radius 1 is 1.18 bits per heavy atom. The summed E-state index contributed by atoms with van der Waals surface area (Å²) in [7, 11) is -2.65. The van der Waals surface area contributed by atoms with Crippen molar-refractivity contribution in [2.75, 3.05) is 0 Å². The molecule has 60 valence electrons. The molecule has 5 heteroatoms. The van der Waals surface area contributed by atoms with Crippen molar-refractivity contribution >= 4 is 33.9 Å². The molecule has 0 aliphatic rings. The minimum atomic E-state index is -2.65. The van der Waals surface area contributed by atoms with Gasteiger partial charge < -0.3 is 0 Å². The van der Waals surface area contributed by atoms with Crippen molar-refractivity contribution in [3.8, 4) is 0 Å². The van der Waals surface area contributed by atoms with Crippen LogP contribution >= 0.6 is 23.2 Å². The van der Waals surface area contributed by atoms with Crippen molar-refractivity contribution < 1.29 is 8.42 Å². The van der Waals surface area contributed by atoms with Crippen molar-refractivity contribution in [3.05, 3.63) is 28.2 Å². The van der Waals surface area contributed by atoms with Crippen molar-refractivity contribution in [1.29, 1.82) is 0 Å². The average Bonchev–Trinajstić information content (AvgIpc) is 1.94. The number of hydrogen-bond donors (Lipinski definition) is 1. The van der Waals surface area contributed by atoms with Gasteiger partial charge in [0.15, 0.2) is 10.7 Å². The Morgan fingerprint density at radius 3 is 2.27 bits per heavy atom. The third-order valence-electron chi connectivity index (χ3n) is 1.10. The molecule has 0 amide bonds. The summed E-state index contributed by atoms with van der Waals surface area (Å²) in [5, 5.41) is 0.564. The zero-order valence-corrected chi connectivity index (χ0v) is 7.66. The largest absolute Gasteiger partial charge is 0.227 e. The molecular formula is C6H4Cl2O2S. The highest BCUT2D eigenvalue weighted by Gasteiger charge is 2.01. The molecule has 1 aromatic carbocycles. The van der Waals surface area contributed by atoms with Crippen LogP contribution in [0.1, 0.15) is 0 Å². The minimum absolute atomic E-state index is 0.0640. The maximum absolute atomic E-state index is 10.5. The van der Waals surface area contributed by atoms with Gasteiger partial charge in [0.1, 0.15) is 0 Å².